The van der Waals surface area contributed by atoms with Crippen LogP contribution in [0.4, 0.5) is 0 Å². The zero-order chi connectivity index (χ0) is 9.19. The van der Waals surface area contributed by atoms with Crippen LogP contribution in [0.2, 0.25) is 0 Å². The Kier molecular flexibility index (Phi) is 11.1. The molecule has 0 N–H and O–H groups in total. The molecular formula is C13H22Co. The van der Waals surface area contributed by atoms with E-state index in [2.05, 4.69) is 24.3 Å². The maximum atomic E-state index is 2.27. The van der Waals surface area contributed by atoms with Gasteiger partial charge in [0.2, 0.25) is 0 Å². The molecule has 83 valence electrons. The standard InChI is InChI=1S/C8H12.C5H10.Co/c1-2-4-6-8-7-5-3-1;1-2-4-5-3-1;/h1-2,7-8H,3-6H2;1-5H2;. The van der Waals surface area contributed by atoms with Crippen molar-refractivity contribution < 1.29 is 16.8 Å². The van der Waals surface area contributed by atoms with Crippen molar-refractivity contribution in [2.75, 3.05) is 0 Å². The Morgan fingerprint density at radius 1 is 0.429 bits per heavy atom. The first-order valence-corrected chi connectivity index (χ1v) is 5.80. The fourth-order valence-corrected chi connectivity index (χ4v) is 1.74. The van der Waals surface area contributed by atoms with Crippen LogP contribution in [0, 0.1) is 0 Å². The van der Waals surface area contributed by atoms with Gasteiger partial charge in [-0.15, -0.1) is 0 Å². The summed E-state index contributed by atoms with van der Waals surface area (Å²) < 4.78 is 0. The molecule has 0 saturated heterocycles. The Balaban J connectivity index is 0.000000246. The van der Waals surface area contributed by atoms with E-state index in [1.54, 1.807) is 0 Å². The molecule has 2 aliphatic carbocycles. The summed E-state index contributed by atoms with van der Waals surface area (Å²) in [6, 6.07) is 0. The summed E-state index contributed by atoms with van der Waals surface area (Å²) in [5.74, 6) is 0. The SMILES string of the molecule is C1=CCCC=CCC1.C1CCCC1.[Co]. The normalized spacial score (nSPS) is 20.0. The van der Waals surface area contributed by atoms with Crippen LogP contribution in [0.5, 0.6) is 0 Å². The second kappa shape index (κ2) is 11.1. The van der Waals surface area contributed by atoms with E-state index in [0.717, 1.165) is 0 Å². The van der Waals surface area contributed by atoms with Crippen molar-refractivity contribution in [2.24, 2.45) is 0 Å². The van der Waals surface area contributed by atoms with Crippen molar-refractivity contribution in [1.29, 1.82) is 0 Å². The predicted molar refractivity (Wildman–Crippen MR) is 59.8 cm³/mol. The average molecular weight is 237 g/mol. The van der Waals surface area contributed by atoms with Crippen LogP contribution in [0.25, 0.3) is 0 Å². The third-order valence-corrected chi connectivity index (χ3v) is 2.58. The molecule has 0 atom stereocenters. The van der Waals surface area contributed by atoms with Crippen molar-refractivity contribution in [3.63, 3.8) is 0 Å². The minimum absolute atomic E-state index is 0. The molecule has 0 aromatic heterocycles. The van der Waals surface area contributed by atoms with E-state index in [-0.39, 0.29) is 16.8 Å². The summed E-state index contributed by atoms with van der Waals surface area (Å²) in [5.41, 5.74) is 0. The van der Waals surface area contributed by atoms with Crippen molar-refractivity contribution in [3.8, 4) is 0 Å². The van der Waals surface area contributed by atoms with Crippen LogP contribution in [0.3, 0.4) is 0 Å². The molecule has 0 nitrogen and oxygen atoms in total. The van der Waals surface area contributed by atoms with Gasteiger partial charge in [-0.05, 0) is 25.7 Å². The minimum Gasteiger partial charge on any atom is -0.0882 e. The third-order valence-electron chi connectivity index (χ3n) is 2.58. The minimum atomic E-state index is 0. The largest absolute Gasteiger partial charge is 0.0882 e. The summed E-state index contributed by atoms with van der Waals surface area (Å²) in [4.78, 5) is 0. The molecule has 0 aromatic rings. The molecule has 0 aliphatic heterocycles. The van der Waals surface area contributed by atoms with Crippen LogP contribution in [0.1, 0.15) is 57.8 Å². The molecule has 0 aromatic carbocycles. The van der Waals surface area contributed by atoms with Gasteiger partial charge in [0.15, 0.2) is 0 Å². The van der Waals surface area contributed by atoms with Crippen LogP contribution >= 0.6 is 0 Å². The number of hydrogen-bond donors (Lipinski definition) is 0. The Hall–Kier alpha value is -0.0135. The van der Waals surface area contributed by atoms with Crippen LogP contribution in [0.15, 0.2) is 24.3 Å². The number of rotatable bonds is 0. The molecule has 1 fully saturated rings. The smallest absolute Gasteiger partial charge is 0 e. The first-order valence-electron chi connectivity index (χ1n) is 5.80. The van der Waals surface area contributed by atoms with E-state index >= 15 is 0 Å². The van der Waals surface area contributed by atoms with Gasteiger partial charge in [-0.2, -0.15) is 0 Å². The van der Waals surface area contributed by atoms with Gasteiger partial charge in [-0.3, -0.25) is 0 Å². The van der Waals surface area contributed by atoms with Gasteiger partial charge in [0, 0.05) is 16.8 Å². The zero-order valence-corrected chi connectivity index (χ0v) is 10.0. The molecule has 0 bridgehead atoms. The fraction of sp³-hybridized carbons (Fsp3) is 0.692. The van der Waals surface area contributed by atoms with Gasteiger partial charge in [0.05, 0.1) is 0 Å². The maximum absolute atomic E-state index is 2.27. The van der Waals surface area contributed by atoms with E-state index in [1.165, 1.54) is 57.8 Å². The van der Waals surface area contributed by atoms with Crippen LogP contribution in [-0.2, 0) is 16.8 Å². The van der Waals surface area contributed by atoms with Gasteiger partial charge in [-0.1, -0.05) is 56.4 Å². The van der Waals surface area contributed by atoms with Crippen molar-refractivity contribution >= 4 is 0 Å². The van der Waals surface area contributed by atoms with E-state index < -0.39 is 0 Å². The summed E-state index contributed by atoms with van der Waals surface area (Å²) >= 11 is 0. The van der Waals surface area contributed by atoms with Crippen molar-refractivity contribution in [3.05, 3.63) is 24.3 Å². The van der Waals surface area contributed by atoms with Gasteiger partial charge in [-0.25, -0.2) is 0 Å². The molecule has 14 heavy (non-hydrogen) atoms. The summed E-state index contributed by atoms with van der Waals surface area (Å²) in [6.07, 6.45) is 21.5. The van der Waals surface area contributed by atoms with Crippen LogP contribution < -0.4 is 0 Å². The predicted octanol–water partition coefficient (Wildman–Crippen LogP) is 4.62. The molecule has 0 spiro atoms. The molecule has 0 unspecified atom stereocenters. The zero-order valence-electron chi connectivity index (χ0n) is 9.01. The third kappa shape index (κ3) is 8.58. The molecule has 0 amide bonds. The maximum Gasteiger partial charge on any atom is 0 e. The van der Waals surface area contributed by atoms with Gasteiger partial charge in [0.25, 0.3) is 0 Å². The van der Waals surface area contributed by atoms with Gasteiger partial charge >= 0.3 is 0 Å². The average Bonchev–Trinajstić information content (AvgIpc) is 2.58. The number of allylic oxidation sites excluding steroid dienone is 4. The molecular weight excluding hydrogens is 215 g/mol. The van der Waals surface area contributed by atoms with E-state index in [0.29, 0.717) is 0 Å². The second-order valence-electron chi connectivity index (χ2n) is 3.87. The Morgan fingerprint density at radius 3 is 0.857 bits per heavy atom. The Bertz CT molecular complexity index is 121. The first-order chi connectivity index (χ1) is 6.50. The number of hydrogen-bond acceptors (Lipinski definition) is 0. The molecule has 1 heteroatoms. The Labute approximate surface area is 99.1 Å². The van der Waals surface area contributed by atoms with E-state index in [1.807, 2.05) is 0 Å². The van der Waals surface area contributed by atoms with E-state index in [4.69, 9.17) is 0 Å². The van der Waals surface area contributed by atoms with Crippen LogP contribution in [-0.4, -0.2) is 0 Å². The topological polar surface area (TPSA) is 0 Å². The summed E-state index contributed by atoms with van der Waals surface area (Å²) in [5, 5.41) is 0. The monoisotopic (exact) mass is 237 g/mol. The first kappa shape index (κ1) is 14.0. The molecule has 2 aliphatic rings. The molecule has 1 radical (unpaired) electrons. The summed E-state index contributed by atoms with van der Waals surface area (Å²) in [6.45, 7) is 0. The fourth-order valence-electron chi connectivity index (χ4n) is 1.74. The van der Waals surface area contributed by atoms with Crippen molar-refractivity contribution in [1.82, 2.24) is 0 Å². The quantitative estimate of drug-likeness (QED) is 0.539. The molecule has 0 heterocycles. The summed E-state index contributed by atoms with van der Waals surface area (Å²) in [7, 11) is 0. The van der Waals surface area contributed by atoms with Crippen molar-refractivity contribution in [2.45, 2.75) is 57.8 Å². The molecule has 1 saturated carbocycles. The second-order valence-corrected chi connectivity index (χ2v) is 3.87. The van der Waals surface area contributed by atoms with Gasteiger partial charge in [0.1, 0.15) is 0 Å². The van der Waals surface area contributed by atoms with E-state index in [9.17, 15) is 0 Å². The van der Waals surface area contributed by atoms with Gasteiger partial charge < -0.3 is 0 Å². The molecule has 2 rings (SSSR count). The Morgan fingerprint density at radius 2 is 0.643 bits per heavy atom.